The van der Waals surface area contributed by atoms with Gasteiger partial charge >= 0.3 is 0 Å². The van der Waals surface area contributed by atoms with E-state index in [1.54, 1.807) is 6.20 Å². The maximum Gasteiger partial charge on any atom is 0.0971 e. The number of nitrogens with zero attached hydrogens (tertiary/aromatic N) is 1. The summed E-state index contributed by atoms with van der Waals surface area (Å²) in [4.78, 5) is 13.4. The molecule has 2 N–H and O–H groups in total. The molecule has 1 atom stereocenters. The summed E-state index contributed by atoms with van der Waals surface area (Å²) < 4.78 is 0. The Bertz CT molecular complexity index is 908. The maximum atomic E-state index is 5.80. The number of H-pyrrole nitrogens is 1. The summed E-state index contributed by atoms with van der Waals surface area (Å²) in [5.74, 6) is 0. The first-order valence-corrected chi connectivity index (χ1v) is 8.29. The van der Waals surface area contributed by atoms with Gasteiger partial charge in [-0.3, -0.25) is 9.82 Å². The predicted octanol–water partition coefficient (Wildman–Crippen LogP) is 4.80. The fourth-order valence-corrected chi connectivity index (χ4v) is 2.89. The smallest absolute Gasteiger partial charge is 0.0971 e. The van der Waals surface area contributed by atoms with E-state index < -0.39 is 0 Å². The molecule has 0 fully saturated rings. The Morgan fingerprint density at radius 1 is 0.962 bits per heavy atom. The normalized spacial score (nSPS) is 11.8. The molecule has 0 saturated heterocycles. The van der Waals surface area contributed by atoms with Gasteiger partial charge in [-0.05, 0) is 23.3 Å². The van der Waals surface area contributed by atoms with Crippen LogP contribution in [-0.2, 0) is 11.4 Å². The van der Waals surface area contributed by atoms with Crippen molar-refractivity contribution in [3.05, 3.63) is 102 Å². The Labute approximate surface area is 158 Å². The lowest BCUT2D eigenvalue weighted by Gasteiger charge is -2.18. The average Bonchev–Trinajstić information content (AvgIpc) is 3.10. The molecule has 0 saturated carbocycles. The topological polar surface area (TPSA) is 49.9 Å². The van der Waals surface area contributed by atoms with Crippen molar-refractivity contribution in [2.24, 2.45) is 0 Å². The molecule has 0 aliphatic rings. The molecule has 4 aromatic rings. The third-order valence-electron chi connectivity index (χ3n) is 4.17. The Balaban J connectivity index is 0.00000196. The molecular weight excluding hydrogens is 346 g/mol. The van der Waals surface area contributed by atoms with Gasteiger partial charge in [0.15, 0.2) is 0 Å². The van der Waals surface area contributed by atoms with Gasteiger partial charge < -0.3 is 4.98 Å². The number of rotatable bonds is 6. The molecule has 0 aliphatic carbocycles. The summed E-state index contributed by atoms with van der Waals surface area (Å²) >= 11 is 0. The number of hydroxylamine groups is 1. The van der Waals surface area contributed by atoms with Crippen LogP contribution in [-0.4, -0.2) is 9.97 Å². The Hall–Kier alpha value is -2.66. The van der Waals surface area contributed by atoms with Crippen LogP contribution >= 0.6 is 12.4 Å². The Morgan fingerprint density at radius 2 is 1.69 bits per heavy atom. The van der Waals surface area contributed by atoms with Crippen LogP contribution in [0.4, 0.5) is 0 Å². The number of pyridine rings is 1. The third-order valence-corrected chi connectivity index (χ3v) is 4.17. The minimum Gasteiger partial charge on any atom is -0.355 e. The first kappa shape index (κ1) is 18.1. The van der Waals surface area contributed by atoms with Crippen LogP contribution < -0.4 is 5.48 Å². The second-order valence-electron chi connectivity index (χ2n) is 5.92. The molecule has 0 spiro atoms. The predicted molar refractivity (Wildman–Crippen MR) is 106 cm³/mol. The quantitative estimate of drug-likeness (QED) is 0.483. The molecule has 2 aromatic carbocycles. The average molecular weight is 366 g/mol. The molecule has 4 nitrogen and oxygen atoms in total. The largest absolute Gasteiger partial charge is 0.355 e. The minimum atomic E-state index is -0.0858. The lowest BCUT2D eigenvalue weighted by molar-refractivity contribution is 0.0109. The van der Waals surface area contributed by atoms with Crippen molar-refractivity contribution in [3.63, 3.8) is 0 Å². The van der Waals surface area contributed by atoms with Gasteiger partial charge in [-0.15, -0.1) is 12.4 Å². The van der Waals surface area contributed by atoms with Crippen molar-refractivity contribution in [3.8, 4) is 0 Å². The summed E-state index contributed by atoms with van der Waals surface area (Å²) in [7, 11) is 0. The highest BCUT2D eigenvalue weighted by Gasteiger charge is 2.16. The summed E-state index contributed by atoms with van der Waals surface area (Å²) in [5, 5.41) is 1.13. The number of halogens is 1. The van der Waals surface area contributed by atoms with Gasteiger partial charge in [0, 0.05) is 17.3 Å². The fourth-order valence-electron chi connectivity index (χ4n) is 2.89. The number of aromatic amines is 1. The number of nitrogens with one attached hydrogen (secondary N) is 2. The van der Waals surface area contributed by atoms with E-state index in [0.29, 0.717) is 6.61 Å². The zero-order chi connectivity index (χ0) is 16.9. The van der Waals surface area contributed by atoms with E-state index in [1.165, 1.54) is 0 Å². The van der Waals surface area contributed by atoms with Crippen molar-refractivity contribution < 1.29 is 4.84 Å². The number of hydrogen-bond acceptors (Lipinski definition) is 3. The number of benzene rings is 2. The van der Waals surface area contributed by atoms with Crippen LogP contribution in [0, 0.1) is 0 Å². The summed E-state index contributed by atoms with van der Waals surface area (Å²) in [6, 6.07) is 24.4. The first-order valence-electron chi connectivity index (χ1n) is 8.29. The van der Waals surface area contributed by atoms with Crippen LogP contribution in [0.25, 0.3) is 10.9 Å². The van der Waals surface area contributed by atoms with Gasteiger partial charge in [-0.1, -0.05) is 60.7 Å². The highest BCUT2D eigenvalue weighted by molar-refractivity contribution is 5.85. The van der Waals surface area contributed by atoms with Crippen molar-refractivity contribution in [2.45, 2.75) is 12.6 Å². The van der Waals surface area contributed by atoms with Crippen molar-refractivity contribution in [1.29, 1.82) is 0 Å². The van der Waals surface area contributed by atoms with Crippen molar-refractivity contribution >= 4 is 23.3 Å². The molecule has 2 heterocycles. The van der Waals surface area contributed by atoms with Gasteiger partial charge in [0.1, 0.15) is 0 Å². The van der Waals surface area contributed by atoms with E-state index in [1.807, 2.05) is 60.8 Å². The molecule has 0 bridgehead atoms. The van der Waals surface area contributed by atoms with Gasteiger partial charge in [-0.25, -0.2) is 0 Å². The molecule has 0 amide bonds. The Kier molecular flexibility index (Phi) is 6.02. The summed E-state index contributed by atoms with van der Waals surface area (Å²) in [6.07, 6.45) is 3.64. The zero-order valence-corrected chi connectivity index (χ0v) is 14.9. The van der Waals surface area contributed by atoms with E-state index in [9.17, 15) is 0 Å². The number of fused-ring (bicyclic) bond motifs is 1. The van der Waals surface area contributed by atoms with E-state index in [0.717, 1.165) is 27.7 Å². The molecule has 1 unspecified atom stereocenters. The molecule has 4 rings (SSSR count). The van der Waals surface area contributed by atoms with Gasteiger partial charge in [0.2, 0.25) is 0 Å². The van der Waals surface area contributed by atoms with Crippen LogP contribution in [0.15, 0.2) is 85.2 Å². The second-order valence-corrected chi connectivity index (χ2v) is 5.92. The van der Waals surface area contributed by atoms with E-state index in [2.05, 4.69) is 33.6 Å². The number of aromatic nitrogens is 2. The summed E-state index contributed by atoms with van der Waals surface area (Å²) in [5.41, 5.74) is 7.53. The molecule has 132 valence electrons. The molecule has 2 aromatic heterocycles. The molecule has 0 radical (unpaired) electrons. The summed E-state index contributed by atoms with van der Waals surface area (Å²) in [6.45, 7) is 0.506. The highest BCUT2D eigenvalue weighted by Crippen LogP contribution is 2.25. The van der Waals surface area contributed by atoms with Crippen LogP contribution in [0.2, 0.25) is 0 Å². The second kappa shape index (κ2) is 8.63. The standard InChI is InChI=1S/C21H19N3O.ClH/c1-3-7-16(8-4-1)15-25-24-21(17-9-5-2-6-10-17)19-13-18-11-12-22-14-20(18)23-19;/h1-14,21,23-24H,15H2;1H. The minimum absolute atomic E-state index is 0. The molecule has 26 heavy (non-hydrogen) atoms. The first-order chi connectivity index (χ1) is 12.4. The third kappa shape index (κ3) is 4.11. The lowest BCUT2D eigenvalue weighted by Crippen LogP contribution is -2.23. The fraction of sp³-hybridized carbons (Fsp3) is 0.0952. The maximum absolute atomic E-state index is 5.80. The van der Waals surface area contributed by atoms with E-state index >= 15 is 0 Å². The lowest BCUT2D eigenvalue weighted by atomic mass is 10.0. The molecule has 0 aliphatic heterocycles. The Morgan fingerprint density at radius 3 is 2.42 bits per heavy atom. The van der Waals surface area contributed by atoms with Crippen LogP contribution in [0.1, 0.15) is 22.9 Å². The molecule has 5 heteroatoms. The SMILES string of the molecule is Cl.c1ccc(CONC(c2ccccc2)c2cc3ccncc3[nH]2)cc1. The van der Waals surface area contributed by atoms with Crippen LogP contribution in [0.5, 0.6) is 0 Å². The van der Waals surface area contributed by atoms with Crippen molar-refractivity contribution in [1.82, 2.24) is 15.4 Å². The van der Waals surface area contributed by atoms with Crippen LogP contribution in [0.3, 0.4) is 0 Å². The highest BCUT2D eigenvalue weighted by atomic mass is 35.5. The monoisotopic (exact) mass is 365 g/mol. The van der Waals surface area contributed by atoms with Crippen molar-refractivity contribution in [2.75, 3.05) is 0 Å². The van der Waals surface area contributed by atoms with Gasteiger partial charge in [0.25, 0.3) is 0 Å². The zero-order valence-electron chi connectivity index (χ0n) is 14.1. The molecular formula is C21H20ClN3O. The van der Waals surface area contributed by atoms with E-state index in [-0.39, 0.29) is 18.4 Å². The van der Waals surface area contributed by atoms with Gasteiger partial charge in [0.05, 0.1) is 24.4 Å². The van der Waals surface area contributed by atoms with Gasteiger partial charge in [-0.2, -0.15) is 5.48 Å². The number of hydrogen-bond donors (Lipinski definition) is 2. The van der Waals surface area contributed by atoms with E-state index in [4.69, 9.17) is 4.84 Å².